The van der Waals surface area contributed by atoms with Gasteiger partial charge >= 0.3 is 5.97 Å². The Labute approximate surface area is 165 Å². The van der Waals surface area contributed by atoms with Gasteiger partial charge in [0.2, 0.25) is 15.9 Å². The fourth-order valence-corrected chi connectivity index (χ4v) is 4.53. The number of benzene rings is 1. The van der Waals surface area contributed by atoms with Gasteiger partial charge in [-0.05, 0) is 49.9 Å². The molecule has 9 heteroatoms. The second-order valence-corrected chi connectivity index (χ2v) is 8.58. The highest BCUT2D eigenvalue weighted by Crippen LogP contribution is 2.24. The van der Waals surface area contributed by atoms with Gasteiger partial charge in [-0.15, -0.1) is 0 Å². The normalized spacial score (nSPS) is 15.6. The number of methoxy groups -OCH3 is 1. The average molecular weight is 407 g/mol. The van der Waals surface area contributed by atoms with Gasteiger partial charge in [0.15, 0.2) is 0 Å². The Kier molecular flexibility index (Phi) is 7.96. The lowest BCUT2D eigenvalue weighted by molar-refractivity contribution is -0.140. The standard InChI is InChI=1S/C19H25N3O5S/c1-27-18(23)4-2-3-11-21-19(24)16-9-12-22(13-10-16)28(25,26)17-7-5-15(14-20)6-8-17/h5-8,16H,2-4,9-13H2,1H3,(H,21,24). The van der Waals surface area contributed by atoms with E-state index in [-0.39, 0.29) is 35.8 Å². The Balaban J connectivity index is 1.79. The second kappa shape index (κ2) is 10.2. The van der Waals surface area contributed by atoms with Crippen molar-refractivity contribution in [2.75, 3.05) is 26.7 Å². The minimum atomic E-state index is -3.62. The summed E-state index contributed by atoms with van der Waals surface area (Å²) in [6, 6.07) is 7.78. The lowest BCUT2D eigenvalue weighted by Crippen LogP contribution is -2.43. The van der Waals surface area contributed by atoms with E-state index in [0.717, 1.165) is 0 Å². The van der Waals surface area contributed by atoms with Crippen LogP contribution in [0.15, 0.2) is 29.2 Å². The van der Waals surface area contributed by atoms with Gasteiger partial charge in [-0.25, -0.2) is 8.42 Å². The first-order valence-electron chi connectivity index (χ1n) is 9.23. The molecule has 0 aliphatic carbocycles. The predicted molar refractivity (Wildman–Crippen MR) is 102 cm³/mol. The summed E-state index contributed by atoms with van der Waals surface area (Å²) < 4.78 is 31.3. The van der Waals surface area contributed by atoms with Crippen LogP contribution in [-0.2, 0) is 24.3 Å². The maximum Gasteiger partial charge on any atom is 0.305 e. The molecule has 0 aromatic heterocycles. The Bertz CT molecular complexity index is 822. The minimum Gasteiger partial charge on any atom is -0.469 e. The van der Waals surface area contributed by atoms with E-state index in [4.69, 9.17) is 5.26 Å². The van der Waals surface area contributed by atoms with E-state index in [1.807, 2.05) is 6.07 Å². The van der Waals surface area contributed by atoms with Crippen molar-refractivity contribution in [3.8, 4) is 6.07 Å². The first-order chi connectivity index (χ1) is 13.4. The van der Waals surface area contributed by atoms with Crippen molar-refractivity contribution in [1.82, 2.24) is 9.62 Å². The third-order valence-corrected chi connectivity index (χ3v) is 6.69. The number of nitriles is 1. The quantitative estimate of drug-likeness (QED) is 0.514. The maximum absolute atomic E-state index is 12.7. The van der Waals surface area contributed by atoms with Crippen LogP contribution in [0.1, 0.15) is 37.7 Å². The number of nitrogens with one attached hydrogen (secondary N) is 1. The van der Waals surface area contributed by atoms with Gasteiger partial charge in [-0.2, -0.15) is 9.57 Å². The number of unbranched alkanes of at least 4 members (excludes halogenated alkanes) is 1. The summed E-state index contributed by atoms with van der Waals surface area (Å²) in [6.45, 7) is 1.05. The molecule has 0 radical (unpaired) electrons. The highest BCUT2D eigenvalue weighted by Gasteiger charge is 2.31. The van der Waals surface area contributed by atoms with E-state index in [0.29, 0.717) is 44.2 Å². The average Bonchev–Trinajstić information content (AvgIpc) is 2.73. The summed E-state index contributed by atoms with van der Waals surface area (Å²) in [4.78, 5) is 23.4. The van der Waals surface area contributed by atoms with Crippen LogP contribution in [0.25, 0.3) is 0 Å². The van der Waals surface area contributed by atoms with Crippen LogP contribution < -0.4 is 5.32 Å². The number of sulfonamides is 1. The van der Waals surface area contributed by atoms with Crippen LogP contribution >= 0.6 is 0 Å². The molecule has 1 aromatic carbocycles. The molecule has 1 aliphatic rings. The molecule has 1 N–H and O–H groups in total. The molecule has 0 atom stereocenters. The molecule has 28 heavy (non-hydrogen) atoms. The van der Waals surface area contributed by atoms with Gasteiger partial charge in [0, 0.05) is 32.0 Å². The monoisotopic (exact) mass is 407 g/mol. The zero-order chi connectivity index (χ0) is 20.6. The van der Waals surface area contributed by atoms with Crippen molar-refractivity contribution in [2.24, 2.45) is 5.92 Å². The summed E-state index contributed by atoms with van der Waals surface area (Å²) in [5.74, 6) is -0.552. The van der Waals surface area contributed by atoms with Gasteiger partial charge in [0.05, 0.1) is 23.6 Å². The molecule has 2 rings (SSSR count). The minimum absolute atomic E-state index is 0.0755. The molecule has 0 bridgehead atoms. The fourth-order valence-electron chi connectivity index (χ4n) is 3.06. The van der Waals surface area contributed by atoms with Crippen molar-refractivity contribution < 1.29 is 22.7 Å². The van der Waals surface area contributed by atoms with Crippen molar-refractivity contribution >= 4 is 21.9 Å². The second-order valence-electron chi connectivity index (χ2n) is 6.64. The first kappa shape index (κ1) is 21.9. The molecule has 1 amide bonds. The molecule has 0 spiro atoms. The highest BCUT2D eigenvalue weighted by atomic mass is 32.2. The van der Waals surface area contributed by atoms with E-state index < -0.39 is 10.0 Å². The van der Waals surface area contributed by atoms with Gasteiger partial charge in [0.1, 0.15) is 0 Å². The number of nitrogens with zero attached hydrogens (tertiary/aromatic N) is 2. The van der Waals surface area contributed by atoms with Crippen molar-refractivity contribution in [2.45, 2.75) is 37.0 Å². The summed E-state index contributed by atoms with van der Waals surface area (Å²) in [5.41, 5.74) is 0.404. The lowest BCUT2D eigenvalue weighted by Gasteiger charge is -2.30. The third-order valence-electron chi connectivity index (χ3n) is 4.78. The lowest BCUT2D eigenvalue weighted by atomic mass is 9.97. The number of piperidine rings is 1. The SMILES string of the molecule is COC(=O)CCCCNC(=O)C1CCN(S(=O)(=O)c2ccc(C#N)cc2)CC1. The number of amides is 1. The van der Waals surface area contributed by atoms with Gasteiger partial charge < -0.3 is 10.1 Å². The highest BCUT2D eigenvalue weighted by molar-refractivity contribution is 7.89. The molecule has 0 unspecified atom stereocenters. The van der Waals surface area contributed by atoms with Gasteiger partial charge in [0.25, 0.3) is 0 Å². The Hall–Kier alpha value is -2.44. The topological polar surface area (TPSA) is 117 Å². The first-order valence-corrected chi connectivity index (χ1v) is 10.7. The Morgan fingerprint density at radius 2 is 1.86 bits per heavy atom. The van der Waals surface area contributed by atoms with E-state index in [9.17, 15) is 18.0 Å². The fraction of sp³-hybridized carbons (Fsp3) is 0.526. The van der Waals surface area contributed by atoms with Gasteiger partial charge in [-0.3, -0.25) is 9.59 Å². The van der Waals surface area contributed by atoms with Crippen molar-refractivity contribution in [3.63, 3.8) is 0 Å². The molecule has 0 saturated carbocycles. The molecule has 152 valence electrons. The summed E-state index contributed by atoms with van der Waals surface area (Å²) in [6.07, 6.45) is 2.59. The Morgan fingerprint density at radius 3 is 2.43 bits per heavy atom. The summed E-state index contributed by atoms with van der Waals surface area (Å²) >= 11 is 0. The number of carbonyl (C=O) groups excluding carboxylic acids is 2. The Morgan fingerprint density at radius 1 is 1.21 bits per heavy atom. The number of esters is 1. The molecule has 8 nitrogen and oxygen atoms in total. The number of carbonyl (C=O) groups is 2. The van der Waals surface area contributed by atoms with Crippen molar-refractivity contribution in [1.29, 1.82) is 5.26 Å². The van der Waals surface area contributed by atoms with Crippen LogP contribution in [-0.4, -0.2) is 51.3 Å². The molecule has 1 aliphatic heterocycles. The van der Waals surface area contributed by atoms with Crippen molar-refractivity contribution in [3.05, 3.63) is 29.8 Å². The van der Waals surface area contributed by atoms with E-state index in [2.05, 4.69) is 10.1 Å². The molecule has 1 saturated heterocycles. The third kappa shape index (κ3) is 5.78. The molecule has 1 heterocycles. The van der Waals surface area contributed by atoms with Crippen LogP contribution in [0.2, 0.25) is 0 Å². The van der Waals surface area contributed by atoms with E-state index in [1.54, 1.807) is 0 Å². The molecular formula is C19H25N3O5S. The van der Waals surface area contributed by atoms with Crippen LogP contribution in [0.4, 0.5) is 0 Å². The van der Waals surface area contributed by atoms with E-state index >= 15 is 0 Å². The number of hydrogen-bond acceptors (Lipinski definition) is 6. The largest absolute Gasteiger partial charge is 0.469 e. The number of rotatable bonds is 8. The zero-order valence-electron chi connectivity index (χ0n) is 15.9. The van der Waals surface area contributed by atoms with Gasteiger partial charge in [-0.1, -0.05) is 0 Å². The van der Waals surface area contributed by atoms with Crippen LogP contribution in [0.5, 0.6) is 0 Å². The summed E-state index contributed by atoms with van der Waals surface area (Å²) in [7, 11) is -2.28. The maximum atomic E-state index is 12.7. The predicted octanol–water partition coefficient (Wildman–Crippen LogP) is 1.42. The summed E-state index contributed by atoms with van der Waals surface area (Å²) in [5, 5.41) is 11.7. The van der Waals surface area contributed by atoms with Crippen LogP contribution in [0.3, 0.4) is 0 Å². The number of hydrogen-bond donors (Lipinski definition) is 1. The molecule has 1 aromatic rings. The van der Waals surface area contributed by atoms with E-state index in [1.165, 1.54) is 35.7 Å². The zero-order valence-corrected chi connectivity index (χ0v) is 16.7. The molecule has 1 fully saturated rings. The molecular weight excluding hydrogens is 382 g/mol. The number of ether oxygens (including phenoxy) is 1. The smallest absolute Gasteiger partial charge is 0.305 e. The van der Waals surface area contributed by atoms with Crippen LogP contribution in [0, 0.1) is 17.2 Å².